The number of carbonyl (C=O) groups excluding carboxylic acids is 1. The molecule has 0 atom stereocenters. The lowest BCUT2D eigenvalue weighted by atomic mass is 10.3. The van der Waals surface area contributed by atoms with Gasteiger partial charge in [-0.05, 0) is 47.7 Å². The maximum atomic E-state index is 12.1. The van der Waals surface area contributed by atoms with Crippen LogP contribution in [0.2, 0.25) is 0 Å². The Kier molecular flexibility index (Phi) is 5.21. The average molecular weight is 303 g/mol. The third-order valence-corrected chi connectivity index (χ3v) is 2.84. The molecule has 0 fully saturated rings. The second-order valence-corrected chi connectivity index (χ2v) is 4.43. The number of nitrogens with one attached hydrogen (secondary N) is 1. The highest BCUT2D eigenvalue weighted by Gasteiger charge is 2.08. The van der Waals surface area contributed by atoms with Gasteiger partial charge in [0.25, 0.3) is 0 Å². The van der Waals surface area contributed by atoms with E-state index < -0.39 is 0 Å². The van der Waals surface area contributed by atoms with Crippen LogP contribution < -0.4 is 11.0 Å². The van der Waals surface area contributed by atoms with Gasteiger partial charge in [0.15, 0.2) is 0 Å². The first kappa shape index (κ1) is 15.6. The van der Waals surface area contributed by atoms with E-state index in [0.717, 1.165) is 0 Å². The van der Waals surface area contributed by atoms with Gasteiger partial charge >= 0.3 is 5.69 Å². The Morgan fingerprint density at radius 2 is 2.05 bits per heavy atom. The smallest absolute Gasteiger partial charge is 0.368 e. The van der Waals surface area contributed by atoms with Crippen LogP contribution in [0, 0.1) is 0 Å². The molecule has 1 aromatic heterocycles. The van der Waals surface area contributed by atoms with Gasteiger partial charge in [-0.3, -0.25) is 4.79 Å². The Hall–Kier alpha value is -2.74. The topological polar surface area (TPSA) is 91.0 Å². The Labute approximate surface area is 127 Å². The zero-order chi connectivity index (χ0) is 15.9. The predicted octanol–water partition coefficient (Wildman–Crippen LogP) is 0.590. The molecule has 0 spiro atoms. The molecule has 8 heteroatoms. The molecule has 0 radical (unpaired) electrons. The Morgan fingerprint density at radius 3 is 2.68 bits per heavy atom. The van der Waals surface area contributed by atoms with Crippen molar-refractivity contribution >= 4 is 11.6 Å². The summed E-state index contributed by atoms with van der Waals surface area (Å²) in [6, 6.07) is 6.75. The van der Waals surface area contributed by atoms with Crippen LogP contribution in [0.5, 0.6) is 0 Å². The van der Waals surface area contributed by atoms with Crippen molar-refractivity contribution in [3.05, 3.63) is 46.9 Å². The number of carbonyl (C=O) groups is 1. The molecule has 1 aromatic carbocycles. The lowest BCUT2D eigenvalue weighted by molar-refractivity contribution is -0.111. The molecule has 0 aliphatic carbocycles. The molecule has 1 heterocycles. The summed E-state index contributed by atoms with van der Waals surface area (Å²) in [6.07, 6.45) is 3.08. The van der Waals surface area contributed by atoms with Crippen LogP contribution in [0.4, 0.5) is 5.69 Å². The molecule has 2 rings (SSSR count). The van der Waals surface area contributed by atoms with Crippen LogP contribution in [0.25, 0.3) is 5.69 Å². The number of hydrogen-bond acceptors (Lipinski definition) is 5. The normalized spacial score (nSPS) is 11.0. The first-order chi connectivity index (χ1) is 10.7. The fraction of sp³-hybridized carbons (Fsp3) is 0.286. The van der Waals surface area contributed by atoms with Gasteiger partial charge in [0.05, 0.1) is 18.8 Å². The van der Waals surface area contributed by atoms with E-state index in [-0.39, 0.29) is 11.6 Å². The van der Waals surface area contributed by atoms with Crippen molar-refractivity contribution in [3.63, 3.8) is 0 Å². The molecular weight excluding hydrogens is 286 g/mol. The van der Waals surface area contributed by atoms with Crippen LogP contribution in [0.15, 0.2) is 41.2 Å². The minimum atomic E-state index is -0.345. The number of nitrogens with zero attached hydrogens (tertiary/aromatic N) is 4. The lowest BCUT2D eigenvalue weighted by Gasteiger charge is -2.03. The molecule has 0 aliphatic rings. The zero-order valence-electron chi connectivity index (χ0n) is 12.4. The van der Waals surface area contributed by atoms with Crippen LogP contribution >= 0.6 is 0 Å². The average Bonchev–Trinajstić information content (AvgIpc) is 2.87. The number of anilines is 1. The summed E-state index contributed by atoms with van der Waals surface area (Å²) in [4.78, 5) is 23.5. The number of benzene rings is 1. The Balaban J connectivity index is 2.15. The van der Waals surface area contributed by atoms with Gasteiger partial charge in [0.2, 0.25) is 5.91 Å². The standard InChI is InChI=1S/C14H17N5O3/c1-3-4-13(20)15-11-5-7-12(8-6-11)19-14(21)18(16-17-19)9-10-22-2/h3-8H,9-10H2,1-2H3,(H,15,20)/b4-3+. The molecule has 22 heavy (non-hydrogen) atoms. The molecule has 0 bridgehead atoms. The summed E-state index contributed by atoms with van der Waals surface area (Å²) in [6.45, 7) is 2.49. The zero-order valence-corrected chi connectivity index (χ0v) is 12.4. The van der Waals surface area contributed by atoms with Crippen molar-refractivity contribution in [2.75, 3.05) is 19.0 Å². The van der Waals surface area contributed by atoms with Gasteiger partial charge in [0.1, 0.15) is 0 Å². The first-order valence-corrected chi connectivity index (χ1v) is 6.71. The third-order valence-electron chi connectivity index (χ3n) is 2.84. The third kappa shape index (κ3) is 3.67. The maximum Gasteiger partial charge on any atom is 0.368 e. The molecule has 8 nitrogen and oxygen atoms in total. The minimum Gasteiger partial charge on any atom is -0.383 e. The van der Waals surface area contributed by atoms with E-state index in [1.54, 1.807) is 44.4 Å². The van der Waals surface area contributed by atoms with Gasteiger partial charge < -0.3 is 10.1 Å². The van der Waals surface area contributed by atoms with Crippen molar-refractivity contribution in [1.82, 2.24) is 19.8 Å². The summed E-state index contributed by atoms with van der Waals surface area (Å²) < 4.78 is 7.32. The fourth-order valence-electron chi connectivity index (χ4n) is 1.78. The molecular formula is C14H17N5O3. The van der Waals surface area contributed by atoms with Crippen LogP contribution in [-0.4, -0.2) is 39.4 Å². The molecule has 0 unspecified atom stereocenters. The number of tetrazole rings is 1. The van der Waals surface area contributed by atoms with Gasteiger partial charge in [-0.25, -0.2) is 4.79 Å². The van der Waals surface area contributed by atoms with Crippen LogP contribution in [0.3, 0.4) is 0 Å². The van der Waals surface area contributed by atoms with E-state index >= 15 is 0 Å². The summed E-state index contributed by atoms with van der Waals surface area (Å²) in [5.41, 5.74) is 0.854. The number of methoxy groups -OCH3 is 1. The van der Waals surface area contributed by atoms with Crippen molar-refractivity contribution in [2.45, 2.75) is 13.5 Å². The highest BCUT2D eigenvalue weighted by atomic mass is 16.5. The lowest BCUT2D eigenvalue weighted by Crippen LogP contribution is -2.25. The van der Waals surface area contributed by atoms with Crippen LogP contribution in [0.1, 0.15) is 6.92 Å². The molecule has 0 saturated carbocycles. The van der Waals surface area contributed by atoms with Gasteiger partial charge in [0, 0.05) is 12.8 Å². The maximum absolute atomic E-state index is 12.1. The number of aromatic nitrogens is 4. The van der Waals surface area contributed by atoms with E-state index in [4.69, 9.17) is 4.74 Å². The first-order valence-electron chi connectivity index (χ1n) is 6.71. The van der Waals surface area contributed by atoms with Crippen LogP contribution in [-0.2, 0) is 16.1 Å². The van der Waals surface area contributed by atoms with Crippen molar-refractivity contribution < 1.29 is 9.53 Å². The van der Waals surface area contributed by atoms with Crippen molar-refractivity contribution in [3.8, 4) is 5.69 Å². The van der Waals surface area contributed by atoms with E-state index in [1.807, 2.05) is 0 Å². The summed E-state index contributed by atoms with van der Waals surface area (Å²) >= 11 is 0. The highest BCUT2D eigenvalue weighted by molar-refractivity contribution is 5.99. The Morgan fingerprint density at radius 1 is 1.32 bits per heavy atom. The molecule has 0 saturated heterocycles. The monoisotopic (exact) mass is 303 g/mol. The quantitative estimate of drug-likeness (QED) is 0.789. The molecule has 0 aliphatic heterocycles. The van der Waals surface area contributed by atoms with Gasteiger partial charge in [-0.15, -0.1) is 0 Å². The van der Waals surface area contributed by atoms with E-state index in [2.05, 4.69) is 15.7 Å². The van der Waals surface area contributed by atoms with Crippen molar-refractivity contribution in [2.24, 2.45) is 0 Å². The van der Waals surface area contributed by atoms with E-state index in [0.29, 0.717) is 24.5 Å². The minimum absolute atomic E-state index is 0.210. The SMILES string of the molecule is C/C=C/C(=O)Nc1ccc(-n2nnn(CCOC)c2=O)cc1. The number of ether oxygens (including phenoxy) is 1. The Bertz CT molecular complexity index is 715. The van der Waals surface area contributed by atoms with Gasteiger partial charge in [-0.1, -0.05) is 6.08 Å². The number of amides is 1. The molecule has 1 amide bonds. The number of allylic oxidation sites excluding steroid dienone is 1. The second-order valence-electron chi connectivity index (χ2n) is 4.43. The molecule has 116 valence electrons. The van der Waals surface area contributed by atoms with Gasteiger partial charge in [-0.2, -0.15) is 9.36 Å². The largest absolute Gasteiger partial charge is 0.383 e. The van der Waals surface area contributed by atoms with E-state index in [9.17, 15) is 9.59 Å². The summed E-state index contributed by atoms with van der Waals surface area (Å²) in [5.74, 6) is -0.210. The van der Waals surface area contributed by atoms with Crippen molar-refractivity contribution in [1.29, 1.82) is 0 Å². The predicted molar refractivity (Wildman–Crippen MR) is 80.9 cm³/mol. The summed E-state index contributed by atoms with van der Waals surface area (Å²) in [5, 5.41) is 10.3. The number of rotatable bonds is 6. The molecule has 2 aromatic rings. The highest BCUT2D eigenvalue weighted by Crippen LogP contribution is 2.11. The molecule has 1 N–H and O–H groups in total. The summed E-state index contributed by atoms with van der Waals surface area (Å²) in [7, 11) is 1.55. The number of hydrogen-bond donors (Lipinski definition) is 1. The fourth-order valence-corrected chi connectivity index (χ4v) is 1.78. The van der Waals surface area contributed by atoms with E-state index in [1.165, 1.54) is 15.4 Å². The second kappa shape index (κ2) is 7.32.